The summed E-state index contributed by atoms with van der Waals surface area (Å²) < 4.78 is 7.27. The van der Waals surface area contributed by atoms with Crippen LogP contribution >= 0.6 is 23.5 Å². The topological polar surface area (TPSA) is 57.0 Å². The summed E-state index contributed by atoms with van der Waals surface area (Å²) in [6.07, 6.45) is 0. The zero-order valence-corrected chi connectivity index (χ0v) is 17.6. The van der Waals surface area contributed by atoms with Crippen molar-refractivity contribution in [2.75, 3.05) is 12.4 Å². The maximum Gasteiger partial charge on any atom is 0.316 e. The van der Waals surface area contributed by atoms with Crippen molar-refractivity contribution in [3.05, 3.63) is 66.5 Å². The van der Waals surface area contributed by atoms with Crippen molar-refractivity contribution in [1.82, 2.24) is 14.8 Å². The van der Waals surface area contributed by atoms with Gasteiger partial charge in [-0.3, -0.25) is 9.36 Å². The molecule has 0 fully saturated rings. The second kappa shape index (κ2) is 10.3. The molecule has 0 radical (unpaired) electrons. The van der Waals surface area contributed by atoms with Gasteiger partial charge in [0.1, 0.15) is 5.82 Å². The molecule has 28 heavy (non-hydrogen) atoms. The Kier molecular flexibility index (Phi) is 7.56. The van der Waals surface area contributed by atoms with Crippen molar-refractivity contribution in [3.63, 3.8) is 0 Å². The smallest absolute Gasteiger partial charge is 0.316 e. The van der Waals surface area contributed by atoms with Gasteiger partial charge in [-0.2, -0.15) is 0 Å². The van der Waals surface area contributed by atoms with Gasteiger partial charge in [0.2, 0.25) is 0 Å². The lowest BCUT2D eigenvalue weighted by Crippen LogP contribution is -2.12. The maximum absolute atomic E-state index is 12.0. The summed E-state index contributed by atoms with van der Waals surface area (Å²) >= 11 is 3.06. The van der Waals surface area contributed by atoms with Crippen molar-refractivity contribution < 1.29 is 9.53 Å². The van der Waals surface area contributed by atoms with Crippen LogP contribution in [0.5, 0.6) is 0 Å². The van der Waals surface area contributed by atoms with E-state index in [1.807, 2.05) is 66.9 Å². The molecule has 1 aromatic heterocycles. The van der Waals surface area contributed by atoms with E-state index in [-0.39, 0.29) is 11.7 Å². The van der Waals surface area contributed by atoms with Gasteiger partial charge in [-0.1, -0.05) is 62.0 Å². The van der Waals surface area contributed by atoms with Gasteiger partial charge < -0.3 is 4.74 Å². The number of rotatable bonds is 9. The minimum Gasteiger partial charge on any atom is -0.465 e. The Hall–Kier alpha value is -2.25. The molecule has 0 unspecified atom stereocenters. The highest BCUT2D eigenvalue weighted by Gasteiger charge is 2.16. The normalized spacial score (nSPS) is 11.0. The molecule has 3 aromatic rings. The number of benzene rings is 2. The fourth-order valence-corrected chi connectivity index (χ4v) is 4.01. The molecule has 0 N–H and O–H groups in total. The molecule has 3 rings (SSSR count). The third-order valence-corrected chi connectivity index (χ3v) is 5.63. The van der Waals surface area contributed by atoms with Crippen LogP contribution in [0, 0.1) is 5.92 Å². The van der Waals surface area contributed by atoms with Gasteiger partial charge >= 0.3 is 5.97 Å². The van der Waals surface area contributed by atoms with Crippen LogP contribution in [0.3, 0.4) is 0 Å². The van der Waals surface area contributed by atoms with Crippen LogP contribution < -0.4 is 0 Å². The highest BCUT2D eigenvalue weighted by atomic mass is 32.2. The molecule has 0 amide bonds. The molecular formula is C21H23N3O2S2. The molecule has 2 aromatic carbocycles. The van der Waals surface area contributed by atoms with E-state index in [0.29, 0.717) is 23.4 Å². The van der Waals surface area contributed by atoms with Gasteiger partial charge in [-0.25, -0.2) is 0 Å². The SMILES string of the molecule is CC(C)COC(=O)CSc1nnc(CSc2ccccc2)n1-c1ccccc1. The van der Waals surface area contributed by atoms with Crippen molar-refractivity contribution in [3.8, 4) is 5.69 Å². The van der Waals surface area contributed by atoms with E-state index in [1.165, 1.54) is 16.7 Å². The monoisotopic (exact) mass is 413 g/mol. The van der Waals surface area contributed by atoms with Gasteiger partial charge in [0.15, 0.2) is 5.16 Å². The number of esters is 1. The van der Waals surface area contributed by atoms with Crippen LogP contribution in [0.1, 0.15) is 19.7 Å². The molecule has 0 spiro atoms. The molecule has 0 saturated heterocycles. The van der Waals surface area contributed by atoms with Crippen molar-refractivity contribution in [2.45, 2.75) is 29.7 Å². The molecule has 0 saturated carbocycles. The quantitative estimate of drug-likeness (QED) is 0.369. The summed E-state index contributed by atoms with van der Waals surface area (Å²) in [5.41, 5.74) is 0.981. The zero-order chi connectivity index (χ0) is 19.8. The van der Waals surface area contributed by atoms with Gasteiger partial charge in [-0.15, -0.1) is 22.0 Å². The third kappa shape index (κ3) is 5.87. The Bertz CT molecular complexity index is 883. The summed E-state index contributed by atoms with van der Waals surface area (Å²) in [6, 6.07) is 20.2. The van der Waals surface area contributed by atoms with E-state index < -0.39 is 0 Å². The molecule has 1 heterocycles. The number of para-hydroxylation sites is 1. The predicted molar refractivity (Wildman–Crippen MR) is 114 cm³/mol. The average Bonchev–Trinajstić information content (AvgIpc) is 3.13. The molecule has 0 bridgehead atoms. The van der Waals surface area contributed by atoms with Crippen LogP contribution in [-0.2, 0) is 15.3 Å². The van der Waals surface area contributed by atoms with E-state index in [4.69, 9.17) is 4.74 Å². The second-order valence-corrected chi connectivity index (χ2v) is 8.53. The van der Waals surface area contributed by atoms with Crippen LogP contribution in [0.15, 0.2) is 70.7 Å². The minimum absolute atomic E-state index is 0.212. The average molecular weight is 414 g/mol. The molecular weight excluding hydrogens is 390 g/mol. The molecule has 0 aliphatic carbocycles. The highest BCUT2D eigenvalue weighted by molar-refractivity contribution is 7.99. The van der Waals surface area contributed by atoms with E-state index in [2.05, 4.69) is 22.3 Å². The van der Waals surface area contributed by atoms with Gasteiger partial charge in [-0.05, 0) is 30.2 Å². The van der Waals surface area contributed by atoms with E-state index in [0.717, 1.165) is 11.5 Å². The fraction of sp³-hybridized carbons (Fsp3) is 0.286. The van der Waals surface area contributed by atoms with Gasteiger partial charge in [0.25, 0.3) is 0 Å². The Morgan fingerprint density at radius 3 is 2.36 bits per heavy atom. The lowest BCUT2D eigenvalue weighted by molar-refractivity contribution is -0.141. The van der Waals surface area contributed by atoms with Crippen molar-refractivity contribution >= 4 is 29.5 Å². The first-order valence-corrected chi connectivity index (χ1v) is 11.1. The van der Waals surface area contributed by atoms with Crippen molar-refractivity contribution in [1.29, 1.82) is 0 Å². The molecule has 0 atom stereocenters. The number of hydrogen-bond donors (Lipinski definition) is 0. The van der Waals surface area contributed by atoms with E-state index >= 15 is 0 Å². The van der Waals surface area contributed by atoms with Crippen molar-refractivity contribution in [2.24, 2.45) is 5.92 Å². The zero-order valence-electron chi connectivity index (χ0n) is 15.9. The van der Waals surface area contributed by atoms with Gasteiger partial charge in [0, 0.05) is 10.6 Å². The number of ether oxygens (including phenoxy) is 1. The largest absolute Gasteiger partial charge is 0.465 e. The number of carbonyl (C=O) groups excluding carboxylic acids is 1. The van der Waals surface area contributed by atoms with Crippen LogP contribution in [0.4, 0.5) is 0 Å². The highest BCUT2D eigenvalue weighted by Crippen LogP contribution is 2.27. The van der Waals surface area contributed by atoms with Gasteiger partial charge in [0.05, 0.1) is 18.1 Å². The Morgan fingerprint density at radius 1 is 1.00 bits per heavy atom. The summed E-state index contributed by atoms with van der Waals surface area (Å²) in [6.45, 7) is 4.47. The second-order valence-electron chi connectivity index (χ2n) is 6.54. The Labute approximate surface area is 173 Å². The summed E-state index contributed by atoms with van der Waals surface area (Å²) in [7, 11) is 0. The Morgan fingerprint density at radius 2 is 1.68 bits per heavy atom. The van der Waals surface area contributed by atoms with Crippen LogP contribution in [0.25, 0.3) is 5.69 Å². The number of aromatic nitrogens is 3. The lowest BCUT2D eigenvalue weighted by atomic mass is 10.2. The first kappa shape index (κ1) is 20.5. The Balaban J connectivity index is 1.74. The fourth-order valence-electron chi connectivity index (χ4n) is 2.41. The standard InChI is InChI=1S/C21H23N3O2S2/c1-16(2)13-26-20(25)15-28-21-23-22-19(14-27-18-11-7-4-8-12-18)24(21)17-9-5-3-6-10-17/h3-12,16H,13-15H2,1-2H3. The van der Waals surface area contributed by atoms with E-state index in [1.54, 1.807) is 11.8 Å². The number of carbonyl (C=O) groups is 1. The van der Waals surface area contributed by atoms with E-state index in [9.17, 15) is 4.79 Å². The molecule has 0 aliphatic heterocycles. The number of hydrogen-bond acceptors (Lipinski definition) is 6. The van der Waals surface area contributed by atoms with Crippen LogP contribution in [-0.4, -0.2) is 33.1 Å². The number of thioether (sulfide) groups is 2. The lowest BCUT2D eigenvalue weighted by Gasteiger charge is -2.10. The first-order chi connectivity index (χ1) is 13.6. The maximum atomic E-state index is 12.0. The third-order valence-electron chi connectivity index (χ3n) is 3.72. The predicted octanol–water partition coefficient (Wildman–Crippen LogP) is 4.85. The molecule has 146 valence electrons. The molecule has 5 nitrogen and oxygen atoms in total. The number of nitrogens with zero attached hydrogens (tertiary/aromatic N) is 3. The van der Waals surface area contributed by atoms with Crippen LogP contribution in [0.2, 0.25) is 0 Å². The molecule has 0 aliphatic rings. The summed E-state index contributed by atoms with van der Waals surface area (Å²) in [5.74, 6) is 1.83. The summed E-state index contributed by atoms with van der Waals surface area (Å²) in [5, 5.41) is 9.40. The molecule has 7 heteroatoms. The minimum atomic E-state index is -0.235. The summed E-state index contributed by atoms with van der Waals surface area (Å²) in [4.78, 5) is 13.2. The first-order valence-electron chi connectivity index (χ1n) is 9.09.